The lowest BCUT2D eigenvalue weighted by Gasteiger charge is -1.98. The number of ketones is 1. The lowest BCUT2D eigenvalue weighted by Crippen LogP contribution is -1.99. The Balaban J connectivity index is 2.39. The van der Waals surface area contributed by atoms with Gasteiger partial charge in [0.15, 0.2) is 0 Å². The van der Waals surface area contributed by atoms with Crippen LogP contribution in [0.4, 0.5) is 0 Å². The van der Waals surface area contributed by atoms with Gasteiger partial charge in [-0.2, -0.15) is 0 Å². The molecule has 0 bridgehead atoms. The molecule has 0 amide bonds. The van der Waals surface area contributed by atoms with Crippen LogP contribution in [0.5, 0.6) is 0 Å². The number of thiophene rings is 1. The van der Waals surface area contributed by atoms with Crippen LogP contribution in [0.3, 0.4) is 0 Å². The van der Waals surface area contributed by atoms with E-state index < -0.39 is 0 Å². The number of carbonyl (C=O) groups is 1. The fourth-order valence-corrected chi connectivity index (χ4v) is 2.21. The molecule has 1 aromatic carbocycles. The predicted octanol–water partition coefficient (Wildman–Crippen LogP) is 3.29. The number of hydrogen-bond donors (Lipinski definition) is 0. The summed E-state index contributed by atoms with van der Waals surface area (Å²) in [6.45, 7) is 1.96. The second-order valence-corrected chi connectivity index (χ2v) is 4.04. The van der Waals surface area contributed by atoms with E-state index in [1.54, 1.807) is 0 Å². The first-order chi connectivity index (χ1) is 6.79. The van der Waals surface area contributed by atoms with Crippen LogP contribution in [-0.4, -0.2) is 5.78 Å². The van der Waals surface area contributed by atoms with E-state index in [0.29, 0.717) is 0 Å². The fraction of sp³-hybridized carbons (Fsp3) is 0.0833. The van der Waals surface area contributed by atoms with Gasteiger partial charge in [-0.05, 0) is 23.9 Å². The van der Waals surface area contributed by atoms with Gasteiger partial charge in [-0.25, -0.2) is 0 Å². The molecule has 1 heterocycles. The Kier molecular flexibility index (Phi) is 2.46. The Hall–Kier alpha value is -1.41. The molecule has 0 aliphatic rings. The Morgan fingerprint density at radius 2 is 1.86 bits per heavy atom. The molecule has 0 radical (unpaired) electrons. The summed E-state index contributed by atoms with van der Waals surface area (Å²) in [5, 5.41) is 1.95. The molecule has 1 aromatic heterocycles. The zero-order valence-corrected chi connectivity index (χ0v) is 8.67. The zero-order valence-electron chi connectivity index (χ0n) is 7.86. The molecule has 2 aromatic rings. The molecule has 0 saturated heterocycles. The van der Waals surface area contributed by atoms with E-state index in [1.807, 2.05) is 48.7 Å². The van der Waals surface area contributed by atoms with Crippen molar-refractivity contribution in [2.24, 2.45) is 0 Å². The van der Waals surface area contributed by atoms with Crippen LogP contribution in [0.25, 0.3) is 0 Å². The molecule has 0 atom stereocenters. The minimum Gasteiger partial charge on any atom is -0.288 e. The maximum absolute atomic E-state index is 11.9. The van der Waals surface area contributed by atoms with E-state index in [0.717, 1.165) is 16.0 Å². The van der Waals surface area contributed by atoms with Crippen molar-refractivity contribution in [2.75, 3.05) is 0 Å². The molecule has 0 unspecified atom stereocenters. The first-order valence-corrected chi connectivity index (χ1v) is 5.31. The summed E-state index contributed by atoms with van der Waals surface area (Å²) in [7, 11) is 0. The molecule has 14 heavy (non-hydrogen) atoms. The third-order valence-corrected chi connectivity index (χ3v) is 3.12. The van der Waals surface area contributed by atoms with Crippen molar-refractivity contribution in [3.8, 4) is 0 Å². The minimum atomic E-state index is 0.123. The molecule has 1 nitrogen and oxygen atoms in total. The maximum atomic E-state index is 11.9. The van der Waals surface area contributed by atoms with Crippen molar-refractivity contribution < 1.29 is 4.79 Å². The van der Waals surface area contributed by atoms with Crippen LogP contribution in [-0.2, 0) is 0 Å². The molecule has 0 aliphatic carbocycles. The lowest BCUT2D eigenvalue weighted by atomic mass is 10.1. The van der Waals surface area contributed by atoms with Crippen molar-refractivity contribution >= 4 is 17.1 Å². The molecule has 70 valence electrons. The summed E-state index contributed by atoms with van der Waals surface area (Å²) in [5.74, 6) is 0.123. The Bertz CT molecular complexity index is 442. The molecule has 0 N–H and O–H groups in total. The largest absolute Gasteiger partial charge is 0.288 e. The summed E-state index contributed by atoms with van der Waals surface area (Å²) < 4.78 is 0. The first kappa shape index (κ1) is 9.16. The maximum Gasteiger partial charge on any atom is 0.203 e. The molecular weight excluding hydrogens is 192 g/mol. The SMILES string of the molecule is Cc1ccsc1C(=O)c1ccccc1. The quantitative estimate of drug-likeness (QED) is 0.683. The summed E-state index contributed by atoms with van der Waals surface area (Å²) in [5.41, 5.74) is 1.82. The van der Waals surface area contributed by atoms with Gasteiger partial charge in [0, 0.05) is 5.56 Å². The van der Waals surface area contributed by atoms with Gasteiger partial charge in [0.05, 0.1) is 4.88 Å². The molecule has 2 heteroatoms. The van der Waals surface area contributed by atoms with Gasteiger partial charge in [0.2, 0.25) is 5.78 Å². The van der Waals surface area contributed by atoms with Gasteiger partial charge in [0.1, 0.15) is 0 Å². The van der Waals surface area contributed by atoms with Crippen LogP contribution in [0, 0.1) is 6.92 Å². The fourth-order valence-electron chi connectivity index (χ4n) is 1.33. The second kappa shape index (κ2) is 3.76. The van der Waals surface area contributed by atoms with Gasteiger partial charge in [-0.15, -0.1) is 11.3 Å². The van der Waals surface area contributed by atoms with Crippen LogP contribution in [0.2, 0.25) is 0 Å². The molecule has 0 saturated carbocycles. The van der Waals surface area contributed by atoms with E-state index >= 15 is 0 Å². The van der Waals surface area contributed by atoms with Gasteiger partial charge in [-0.3, -0.25) is 4.79 Å². The molecule has 2 rings (SSSR count). The van der Waals surface area contributed by atoms with E-state index in [2.05, 4.69) is 0 Å². The van der Waals surface area contributed by atoms with Gasteiger partial charge in [0.25, 0.3) is 0 Å². The third kappa shape index (κ3) is 1.61. The standard InChI is InChI=1S/C12H10OS/c1-9-7-8-14-12(9)11(13)10-5-3-2-4-6-10/h2-8H,1H3. The third-order valence-electron chi connectivity index (χ3n) is 2.10. The van der Waals surface area contributed by atoms with Crippen molar-refractivity contribution in [3.05, 3.63) is 57.8 Å². The summed E-state index contributed by atoms with van der Waals surface area (Å²) in [6.07, 6.45) is 0. The van der Waals surface area contributed by atoms with Crippen LogP contribution >= 0.6 is 11.3 Å². The van der Waals surface area contributed by atoms with Crippen LogP contribution < -0.4 is 0 Å². The lowest BCUT2D eigenvalue weighted by molar-refractivity contribution is 0.104. The monoisotopic (exact) mass is 202 g/mol. The van der Waals surface area contributed by atoms with E-state index in [-0.39, 0.29) is 5.78 Å². The van der Waals surface area contributed by atoms with Gasteiger partial charge >= 0.3 is 0 Å². The average molecular weight is 202 g/mol. The highest BCUT2D eigenvalue weighted by Crippen LogP contribution is 2.19. The normalized spacial score (nSPS) is 10.1. The number of benzene rings is 1. The number of hydrogen-bond acceptors (Lipinski definition) is 2. The summed E-state index contributed by atoms with van der Waals surface area (Å²) in [4.78, 5) is 12.8. The Labute approximate surface area is 87.0 Å². The van der Waals surface area contributed by atoms with Crippen molar-refractivity contribution in [1.29, 1.82) is 0 Å². The van der Waals surface area contributed by atoms with E-state index in [4.69, 9.17) is 0 Å². The highest BCUT2D eigenvalue weighted by molar-refractivity contribution is 7.12. The second-order valence-electron chi connectivity index (χ2n) is 3.13. The summed E-state index contributed by atoms with van der Waals surface area (Å²) in [6, 6.07) is 11.4. The van der Waals surface area contributed by atoms with Crippen molar-refractivity contribution in [3.63, 3.8) is 0 Å². The molecular formula is C12H10OS. The topological polar surface area (TPSA) is 17.1 Å². The molecule has 0 spiro atoms. The Morgan fingerprint density at radius 3 is 2.43 bits per heavy atom. The first-order valence-electron chi connectivity index (χ1n) is 4.43. The van der Waals surface area contributed by atoms with E-state index in [9.17, 15) is 4.79 Å². The number of aryl methyl sites for hydroxylation is 1. The van der Waals surface area contributed by atoms with Crippen LogP contribution in [0.15, 0.2) is 41.8 Å². The predicted molar refractivity (Wildman–Crippen MR) is 58.9 cm³/mol. The van der Waals surface area contributed by atoms with Crippen molar-refractivity contribution in [2.45, 2.75) is 6.92 Å². The zero-order chi connectivity index (χ0) is 9.97. The summed E-state index contributed by atoms with van der Waals surface area (Å²) >= 11 is 1.50. The number of rotatable bonds is 2. The molecule has 0 fully saturated rings. The Morgan fingerprint density at radius 1 is 1.14 bits per heavy atom. The van der Waals surface area contributed by atoms with Gasteiger partial charge in [-0.1, -0.05) is 30.3 Å². The highest BCUT2D eigenvalue weighted by Gasteiger charge is 2.11. The van der Waals surface area contributed by atoms with Crippen LogP contribution in [0.1, 0.15) is 20.8 Å². The van der Waals surface area contributed by atoms with Crippen molar-refractivity contribution in [1.82, 2.24) is 0 Å². The minimum absolute atomic E-state index is 0.123. The number of carbonyl (C=O) groups excluding carboxylic acids is 1. The highest BCUT2D eigenvalue weighted by atomic mass is 32.1. The van der Waals surface area contributed by atoms with E-state index in [1.165, 1.54) is 11.3 Å². The average Bonchev–Trinajstić information content (AvgIpc) is 2.65. The molecule has 0 aliphatic heterocycles. The van der Waals surface area contributed by atoms with Gasteiger partial charge < -0.3 is 0 Å². The smallest absolute Gasteiger partial charge is 0.203 e.